The Hall–Kier alpha value is -2.24. The minimum Gasteiger partial charge on any atom is -0.486 e. The first-order chi connectivity index (χ1) is 12.1. The highest BCUT2D eigenvalue weighted by Crippen LogP contribution is 2.34. The average molecular weight is 359 g/mol. The Morgan fingerprint density at radius 3 is 2.80 bits per heavy atom. The zero-order chi connectivity index (χ0) is 17.4. The summed E-state index contributed by atoms with van der Waals surface area (Å²) in [6.45, 7) is 2.53. The SMILES string of the molecule is CN1Cc2cc(Cl)ccc2C(C(=O)Nc2ccc3c(c2)OCCO3)C1. The number of rotatable bonds is 2. The van der Waals surface area contributed by atoms with Crippen LogP contribution in [0.2, 0.25) is 5.02 Å². The number of likely N-dealkylation sites (N-methyl/N-ethyl adjacent to an activating group) is 1. The number of carbonyl (C=O) groups is 1. The molecule has 6 heteroatoms. The Labute approximate surface area is 151 Å². The summed E-state index contributed by atoms with van der Waals surface area (Å²) in [5.41, 5.74) is 2.85. The molecule has 2 aromatic carbocycles. The number of benzene rings is 2. The average Bonchev–Trinajstić information content (AvgIpc) is 2.60. The molecule has 4 rings (SSSR count). The zero-order valence-corrected chi connectivity index (χ0v) is 14.7. The van der Waals surface area contributed by atoms with Crippen LogP contribution in [-0.2, 0) is 11.3 Å². The summed E-state index contributed by atoms with van der Waals surface area (Å²) in [7, 11) is 2.01. The molecule has 0 radical (unpaired) electrons. The van der Waals surface area contributed by atoms with Crippen LogP contribution in [0.25, 0.3) is 0 Å². The van der Waals surface area contributed by atoms with E-state index in [4.69, 9.17) is 21.1 Å². The van der Waals surface area contributed by atoms with Crippen molar-refractivity contribution in [3.8, 4) is 11.5 Å². The van der Waals surface area contributed by atoms with Crippen molar-refractivity contribution in [3.63, 3.8) is 0 Å². The molecule has 0 fully saturated rings. The Kier molecular flexibility index (Phi) is 4.27. The van der Waals surface area contributed by atoms with Gasteiger partial charge in [-0.1, -0.05) is 17.7 Å². The van der Waals surface area contributed by atoms with E-state index in [0.29, 0.717) is 42.0 Å². The molecular weight excluding hydrogens is 340 g/mol. The largest absolute Gasteiger partial charge is 0.486 e. The highest BCUT2D eigenvalue weighted by Gasteiger charge is 2.29. The fourth-order valence-electron chi connectivity index (χ4n) is 3.39. The Bertz CT molecular complexity index is 824. The number of halogens is 1. The lowest BCUT2D eigenvalue weighted by Crippen LogP contribution is -2.36. The quantitative estimate of drug-likeness (QED) is 0.895. The van der Waals surface area contributed by atoms with E-state index in [2.05, 4.69) is 10.2 Å². The first-order valence-corrected chi connectivity index (χ1v) is 8.65. The van der Waals surface area contributed by atoms with Gasteiger partial charge in [0.1, 0.15) is 13.2 Å². The number of anilines is 1. The predicted octanol–water partition coefficient (Wildman–Crippen LogP) is 3.28. The van der Waals surface area contributed by atoms with E-state index in [0.717, 1.165) is 17.7 Å². The van der Waals surface area contributed by atoms with E-state index in [1.54, 1.807) is 0 Å². The van der Waals surface area contributed by atoms with Gasteiger partial charge < -0.3 is 19.7 Å². The van der Waals surface area contributed by atoms with Crippen molar-refractivity contribution < 1.29 is 14.3 Å². The topological polar surface area (TPSA) is 50.8 Å². The molecule has 1 amide bonds. The highest BCUT2D eigenvalue weighted by atomic mass is 35.5. The van der Waals surface area contributed by atoms with E-state index in [9.17, 15) is 4.79 Å². The van der Waals surface area contributed by atoms with Crippen LogP contribution in [-0.4, -0.2) is 37.6 Å². The molecule has 130 valence electrons. The van der Waals surface area contributed by atoms with Crippen LogP contribution in [0.3, 0.4) is 0 Å². The second-order valence-electron chi connectivity index (χ2n) is 6.44. The van der Waals surface area contributed by atoms with Crippen molar-refractivity contribution in [2.75, 3.05) is 32.1 Å². The molecule has 2 heterocycles. The lowest BCUT2D eigenvalue weighted by Gasteiger charge is -2.31. The standard InChI is InChI=1S/C19H19ClN2O3/c1-22-10-12-8-13(20)2-4-15(12)16(11-22)19(23)21-14-3-5-17-18(9-14)25-7-6-24-17/h2-5,8-9,16H,6-7,10-11H2,1H3,(H,21,23). The molecule has 1 N–H and O–H groups in total. The number of nitrogens with zero attached hydrogens (tertiary/aromatic N) is 1. The lowest BCUT2D eigenvalue weighted by atomic mass is 9.89. The Morgan fingerprint density at radius 1 is 1.16 bits per heavy atom. The van der Waals surface area contributed by atoms with Gasteiger partial charge in [-0.25, -0.2) is 0 Å². The number of carbonyl (C=O) groups excluding carboxylic acids is 1. The van der Waals surface area contributed by atoms with Gasteiger partial charge in [0.2, 0.25) is 5.91 Å². The van der Waals surface area contributed by atoms with Crippen molar-refractivity contribution >= 4 is 23.2 Å². The van der Waals surface area contributed by atoms with Crippen molar-refractivity contribution in [1.82, 2.24) is 4.90 Å². The highest BCUT2D eigenvalue weighted by molar-refractivity contribution is 6.30. The molecular formula is C19H19ClN2O3. The first-order valence-electron chi connectivity index (χ1n) is 8.27. The minimum absolute atomic E-state index is 0.0354. The number of hydrogen-bond donors (Lipinski definition) is 1. The van der Waals surface area contributed by atoms with E-state index in [-0.39, 0.29) is 11.8 Å². The third-order valence-electron chi connectivity index (χ3n) is 4.54. The fourth-order valence-corrected chi connectivity index (χ4v) is 3.59. The van der Waals surface area contributed by atoms with Crippen molar-refractivity contribution in [1.29, 1.82) is 0 Å². The molecule has 0 spiro atoms. The third kappa shape index (κ3) is 3.30. The van der Waals surface area contributed by atoms with Crippen LogP contribution in [0.15, 0.2) is 36.4 Å². The van der Waals surface area contributed by atoms with Crippen LogP contribution >= 0.6 is 11.6 Å². The smallest absolute Gasteiger partial charge is 0.233 e. The van der Waals surface area contributed by atoms with Gasteiger partial charge in [-0.2, -0.15) is 0 Å². The van der Waals surface area contributed by atoms with Crippen LogP contribution in [0.4, 0.5) is 5.69 Å². The molecule has 0 aliphatic carbocycles. The van der Waals surface area contributed by atoms with Crippen LogP contribution in [0.1, 0.15) is 17.0 Å². The van der Waals surface area contributed by atoms with Gasteiger partial charge in [-0.3, -0.25) is 4.79 Å². The van der Waals surface area contributed by atoms with Gasteiger partial charge in [-0.05, 0) is 42.4 Å². The fraction of sp³-hybridized carbons (Fsp3) is 0.316. The summed E-state index contributed by atoms with van der Waals surface area (Å²) in [5.74, 6) is 1.10. The van der Waals surface area contributed by atoms with E-state index < -0.39 is 0 Å². The van der Waals surface area contributed by atoms with Gasteiger partial charge in [0.15, 0.2) is 11.5 Å². The van der Waals surface area contributed by atoms with Gasteiger partial charge in [0, 0.05) is 29.9 Å². The van der Waals surface area contributed by atoms with E-state index >= 15 is 0 Å². The summed E-state index contributed by atoms with van der Waals surface area (Å²) < 4.78 is 11.1. The Morgan fingerprint density at radius 2 is 1.96 bits per heavy atom. The second kappa shape index (κ2) is 6.58. The van der Waals surface area contributed by atoms with Gasteiger partial charge in [-0.15, -0.1) is 0 Å². The number of nitrogens with one attached hydrogen (secondary N) is 1. The van der Waals surface area contributed by atoms with Crippen LogP contribution in [0.5, 0.6) is 11.5 Å². The minimum atomic E-state index is -0.237. The molecule has 5 nitrogen and oxygen atoms in total. The third-order valence-corrected chi connectivity index (χ3v) is 4.78. The summed E-state index contributed by atoms with van der Waals surface area (Å²) in [5, 5.41) is 3.70. The van der Waals surface area contributed by atoms with Crippen molar-refractivity contribution in [2.45, 2.75) is 12.5 Å². The summed E-state index contributed by atoms with van der Waals surface area (Å²) in [4.78, 5) is 15.0. The first kappa shape index (κ1) is 16.2. The zero-order valence-electron chi connectivity index (χ0n) is 13.9. The van der Waals surface area contributed by atoms with Gasteiger partial charge in [0.25, 0.3) is 0 Å². The van der Waals surface area contributed by atoms with E-state index in [1.807, 2.05) is 43.4 Å². The summed E-state index contributed by atoms with van der Waals surface area (Å²) in [6, 6.07) is 11.2. The normalized spacial score (nSPS) is 19.2. The summed E-state index contributed by atoms with van der Waals surface area (Å²) >= 11 is 6.10. The molecule has 0 saturated carbocycles. The maximum atomic E-state index is 12.9. The second-order valence-corrected chi connectivity index (χ2v) is 6.88. The maximum Gasteiger partial charge on any atom is 0.233 e. The molecule has 2 aromatic rings. The number of amides is 1. The molecule has 0 saturated heterocycles. The molecule has 1 atom stereocenters. The molecule has 0 bridgehead atoms. The van der Waals surface area contributed by atoms with Crippen molar-refractivity contribution in [3.05, 3.63) is 52.5 Å². The van der Waals surface area contributed by atoms with Gasteiger partial charge >= 0.3 is 0 Å². The maximum absolute atomic E-state index is 12.9. The van der Waals surface area contributed by atoms with Crippen LogP contribution in [0, 0.1) is 0 Å². The molecule has 1 unspecified atom stereocenters. The predicted molar refractivity (Wildman–Crippen MR) is 96.6 cm³/mol. The molecule has 25 heavy (non-hydrogen) atoms. The monoisotopic (exact) mass is 358 g/mol. The van der Waals surface area contributed by atoms with E-state index in [1.165, 1.54) is 0 Å². The molecule has 0 aromatic heterocycles. The number of ether oxygens (including phenoxy) is 2. The summed E-state index contributed by atoms with van der Waals surface area (Å²) in [6.07, 6.45) is 0. The Balaban J connectivity index is 1.57. The van der Waals surface area contributed by atoms with Gasteiger partial charge in [0.05, 0.1) is 5.92 Å². The van der Waals surface area contributed by atoms with Crippen molar-refractivity contribution in [2.24, 2.45) is 0 Å². The molecule has 2 aliphatic heterocycles. The number of fused-ring (bicyclic) bond motifs is 2. The number of hydrogen-bond acceptors (Lipinski definition) is 4. The lowest BCUT2D eigenvalue weighted by molar-refractivity contribution is -0.118. The van der Waals surface area contributed by atoms with Crippen LogP contribution < -0.4 is 14.8 Å². The molecule has 2 aliphatic rings.